The van der Waals surface area contributed by atoms with E-state index in [0.29, 0.717) is 6.61 Å². The summed E-state index contributed by atoms with van der Waals surface area (Å²) < 4.78 is 4.18. The van der Waals surface area contributed by atoms with Crippen molar-refractivity contribution >= 4 is 11.9 Å². The fraction of sp³-hybridized carbons (Fsp3) is 0.714. The molecular weight excluding hydrogens is 162 g/mol. The van der Waals surface area contributed by atoms with Crippen molar-refractivity contribution in [3.63, 3.8) is 0 Å². The van der Waals surface area contributed by atoms with E-state index < -0.39 is 12.2 Å². The van der Waals surface area contributed by atoms with Gasteiger partial charge in [-0.1, -0.05) is 0 Å². The van der Waals surface area contributed by atoms with Gasteiger partial charge < -0.3 is 15.6 Å². The van der Waals surface area contributed by atoms with Crippen LogP contribution in [0.25, 0.3) is 0 Å². The number of amides is 1. The second-order valence-electron chi connectivity index (χ2n) is 2.04. The van der Waals surface area contributed by atoms with Gasteiger partial charge in [-0.25, -0.2) is 4.79 Å². The lowest BCUT2D eigenvalue weighted by molar-refractivity contribution is -0.124. The van der Waals surface area contributed by atoms with Gasteiger partial charge in [0.05, 0.1) is 6.61 Å². The second-order valence-corrected chi connectivity index (χ2v) is 2.04. The minimum absolute atomic E-state index is 0.185. The van der Waals surface area contributed by atoms with E-state index in [1.807, 2.05) is 0 Å². The van der Waals surface area contributed by atoms with Gasteiger partial charge in [-0.15, -0.1) is 0 Å². The molecule has 3 N–H and O–H groups in total. The molecule has 0 heterocycles. The molecule has 0 saturated heterocycles. The van der Waals surface area contributed by atoms with E-state index in [1.165, 1.54) is 13.8 Å². The van der Waals surface area contributed by atoms with E-state index in [1.54, 1.807) is 6.92 Å². The second kappa shape index (κ2) is 8.00. The highest BCUT2D eigenvalue weighted by Gasteiger charge is 1.97. The fourth-order valence-electron chi connectivity index (χ4n) is 0.142. The molecule has 12 heavy (non-hydrogen) atoms. The maximum Gasteiger partial charge on any atom is 0.404 e. The molecule has 0 aliphatic carbocycles. The van der Waals surface area contributed by atoms with Crippen LogP contribution >= 0.6 is 0 Å². The number of carbonyl (C=O) groups excluding carboxylic acids is 2. The molecule has 0 aliphatic heterocycles. The van der Waals surface area contributed by atoms with E-state index in [-0.39, 0.29) is 5.78 Å². The first-order chi connectivity index (χ1) is 5.41. The third-order valence-electron chi connectivity index (χ3n) is 0.875. The topological polar surface area (TPSA) is 89.6 Å². The molecule has 0 saturated carbocycles. The molecule has 0 fully saturated rings. The molecule has 1 atom stereocenters. The van der Waals surface area contributed by atoms with Gasteiger partial charge in [0.1, 0.15) is 6.10 Å². The number of ether oxygens (including phenoxy) is 1. The Morgan fingerprint density at radius 1 is 1.58 bits per heavy atom. The highest BCUT2D eigenvalue weighted by Crippen LogP contribution is 1.76. The van der Waals surface area contributed by atoms with E-state index in [0.717, 1.165) is 0 Å². The molecule has 1 unspecified atom stereocenters. The number of nitrogens with two attached hydrogens (primary N) is 1. The van der Waals surface area contributed by atoms with Crippen LogP contribution in [0.3, 0.4) is 0 Å². The minimum Gasteiger partial charge on any atom is -0.450 e. The summed E-state index contributed by atoms with van der Waals surface area (Å²) in [5.41, 5.74) is 4.54. The van der Waals surface area contributed by atoms with Gasteiger partial charge in [-0.05, 0) is 20.8 Å². The van der Waals surface area contributed by atoms with Crippen LogP contribution in [-0.4, -0.2) is 29.7 Å². The lowest BCUT2D eigenvalue weighted by Gasteiger charge is -1.90. The number of carbonyl (C=O) groups is 2. The first-order valence-electron chi connectivity index (χ1n) is 3.52. The number of ketones is 1. The Balaban J connectivity index is 0. The average Bonchev–Trinajstić information content (AvgIpc) is 1.87. The summed E-state index contributed by atoms with van der Waals surface area (Å²) in [4.78, 5) is 19.5. The Labute approximate surface area is 71.5 Å². The molecule has 0 spiro atoms. The zero-order valence-corrected chi connectivity index (χ0v) is 7.53. The zero-order valence-electron chi connectivity index (χ0n) is 7.53. The molecule has 5 heteroatoms. The van der Waals surface area contributed by atoms with Crippen molar-refractivity contribution in [1.82, 2.24) is 0 Å². The van der Waals surface area contributed by atoms with Crippen molar-refractivity contribution in [1.29, 1.82) is 0 Å². The van der Waals surface area contributed by atoms with E-state index >= 15 is 0 Å². The van der Waals surface area contributed by atoms with Crippen LogP contribution in [0.4, 0.5) is 4.79 Å². The predicted molar refractivity (Wildman–Crippen MR) is 43.6 cm³/mol. The standard InChI is InChI=1S/C4H8O2.C3H7NO2/c1-3(5)4(2)6;1-2-6-3(4)5/h3,5H,1-2H3;2H2,1H3,(H2,4,5). The minimum atomic E-state index is -0.787. The molecule has 0 radical (unpaired) electrons. The number of aliphatic hydroxyl groups excluding tert-OH is 1. The summed E-state index contributed by atoms with van der Waals surface area (Å²) in [7, 11) is 0. The smallest absolute Gasteiger partial charge is 0.404 e. The lowest BCUT2D eigenvalue weighted by Crippen LogP contribution is -2.11. The summed E-state index contributed by atoms with van der Waals surface area (Å²) in [6.45, 7) is 4.85. The molecule has 0 aromatic rings. The number of hydrogen-bond donors (Lipinski definition) is 2. The Kier molecular flexibility index (Phi) is 8.99. The molecule has 0 aliphatic rings. The molecule has 5 nitrogen and oxygen atoms in total. The molecular formula is C7H15NO4. The summed E-state index contributed by atoms with van der Waals surface area (Å²) in [5, 5.41) is 8.28. The summed E-state index contributed by atoms with van der Waals surface area (Å²) in [6, 6.07) is 0. The third-order valence-corrected chi connectivity index (χ3v) is 0.875. The Morgan fingerprint density at radius 3 is 1.92 bits per heavy atom. The van der Waals surface area contributed by atoms with Crippen molar-refractivity contribution in [2.75, 3.05) is 6.61 Å². The average molecular weight is 177 g/mol. The first-order valence-corrected chi connectivity index (χ1v) is 3.52. The van der Waals surface area contributed by atoms with Crippen LogP contribution in [0.1, 0.15) is 20.8 Å². The normalized spacial score (nSPS) is 10.7. The molecule has 0 bridgehead atoms. The van der Waals surface area contributed by atoms with E-state index in [2.05, 4.69) is 10.5 Å². The zero-order chi connectivity index (χ0) is 10.1. The van der Waals surface area contributed by atoms with Gasteiger partial charge in [0.25, 0.3) is 0 Å². The van der Waals surface area contributed by atoms with Crippen molar-refractivity contribution in [3.05, 3.63) is 0 Å². The van der Waals surface area contributed by atoms with Gasteiger partial charge in [0.15, 0.2) is 5.78 Å². The number of Topliss-reactive ketones (excluding diaryl/α,β-unsaturated/α-hetero) is 1. The van der Waals surface area contributed by atoms with Crippen LogP contribution in [0.15, 0.2) is 0 Å². The predicted octanol–water partition coefficient (Wildman–Crippen LogP) is 0.0578. The van der Waals surface area contributed by atoms with Gasteiger partial charge in [-0.2, -0.15) is 0 Å². The van der Waals surface area contributed by atoms with E-state index in [4.69, 9.17) is 5.11 Å². The molecule has 72 valence electrons. The van der Waals surface area contributed by atoms with Crippen LogP contribution in [0, 0.1) is 0 Å². The number of aliphatic hydroxyl groups is 1. The largest absolute Gasteiger partial charge is 0.450 e. The summed E-state index contributed by atoms with van der Waals surface area (Å²) in [5.74, 6) is -0.185. The number of hydrogen-bond acceptors (Lipinski definition) is 4. The molecule has 0 aromatic carbocycles. The summed E-state index contributed by atoms with van der Waals surface area (Å²) >= 11 is 0. The third kappa shape index (κ3) is 16.0. The Hall–Kier alpha value is -1.10. The highest BCUT2D eigenvalue weighted by molar-refractivity contribution is 5.79. The quantitative estimate of drug-likeness (QED) is 0.624. The van der Waals surface area contributed by atoms with Crippen LogP contribution in [0.5, 0.6) is 0 Å². The first kappa shape index (κ1) is 13.5. The van der Waals surface area contributed by atoms with Crippen molar-refractivity contribution < 1.29 is 19.4 Å². The van der Waals surface area contributed by atoms with Crippen molar-refractivity contribution in [2.45, 2.75) is 26.9 Å². The monoisotopic (exact) mass is 177 g/mol. The Bertz CT molecular complexity index is 144. The maximum atomic E-state index is 9.89. The summed E-state index contributed by atoms with van der Waals surface area (Å²) in [6.07, 6.45) is -1.50. The van der Waals surface area contributed by atoms with Gasteiger partial charge in [0.2, 0.25) is 0 Å². The number of rotatable bonds is 2. The SMILES string of the molecule is CC(=O)C(C)O.CCOC(N)=O. The van der Waals surface area contributed by atoms with Gasteiger partial charge in [0, 0.05) is 0 Å². The van der Waals surface area contributed by atoms with Crippen molar-refractivity contribution in [2.24, 2.45) is 5.73 Å². The molecule has 0 aromatic heterocycles. The fourth-order valence-corrected chi connectivity index (χ4v) is 0.142. The number of primary amides is 1. The van der Waals surface area contributed by atoms with E-state index in [9.17, 15) is 9.59 Å². The molecule has 1 amide bonds. The van der Waals surface area contributed by atoms with Crippen LogP contribution in [-0.2, 0) is 9.53 Å². The van der Waals surface area contributed by atoms with Crippen LogP contribution in [0.2, 0.25) is 0 Å². The molecule has 0 rings (SSSR count). The van der Waals surface area contributed by atoms with Crippen LogP contribution < -0.4 is 5.73 Å². The highest BCUT2D eigenvalue weighted by atomic mass is 16.5. The van der Waals surface area contributed by atoms with Gasteiger partial charge >= 0.3 is 6.09 Å². The van der Waals surface area contributed by atoms with Gasteiger partial charge in [-0.3, -0.25) is 4.79 Å². The lowest BCUT2D eigenvalue weighted by atomic mass is 10.3. The maximum absolute atomic E-state index is 9.89. The Morgan fingerprint density at radius 2 is 1.92 bits per heavy atom. The van der Waals surface area contributed by atoms with Crippen molar-refractivity contribution in [3.8, 4) is 0 Å².